The van der Waals surface area contributed by atoms with Gasteiger partial charge in [-0.05, 0) is 42.3 Å². The van der Waals surface area contributed by atoms with Crippen LogP contribution in [-0.2, 0) is 16.0 Å². The quantitative estimate of drug-likeness (QED) is 0.833. The van der Waals surface area contributed by atoms with Gasteiger partial charge in [0.2, 0.25) is 11.8 Å². The first-order valence-corrected chi connectivity index (χ1v) is 7.53. The SMILES string of the molecule is O=C1CC(C(=O)NCCCc2ccco2)c2cc(F)ccc2N1. The molecule has 0 saturated carbocycles. The van der Waals surface area contributed by atoms with Gasteiger partial charge in [-0.3, -0.25) is 9.59 Å². The highest BCUT2D eigenvalue weighted by molar-refractivity contribution is 6.01. The molecule has 1 aromatic carbocycles. The van der Waals surface area contributed by atoms with Gasteiger partial charge in [-0.15, -0.1) is 0 Å². The topological polar surface area (TPSA) is 71.3 Å². The van der Waals surface area contributed by atoms with Gasteiger partial charge >= 0.3 is 0 Å². The minimum absolute atomic E-state index is 0.0282. The normalized spacial score (nSPS) is 16.6. The highest BCUT2D eigenvalue weighted by atomic mass is 19.1. The molecule has 1 atom stereocenters. The number of benzene rings is 1. The first kappa shape index (κ1) is 15.3. The molecule has 1 unspecified atom stereocenters. The van der Waals surface area contributed by atoms with Gasteiger partial charge in [0.05, 0.1) is 12.2 Å². The Labute approximate surface area is 132 Å². The summed E-state index contributed by atoms with van der Waals surface area (Å²) in [7, 11) is 0. The Hall–Kier alpha value is -2.63. The molecule has 3 rings (SSSR count). The standard InChI is InChI=1S/C17H17FN2O3/c18-11-5-6-15-13(9-11)14(10-16(21)20-15)17(22)19-7-1-3-12-4-2-8-23-12/h2,4-6,8-9,14H,1,3,7,10H2,(H,19,22)(H,20,21). The molecule has 5 nitrogen and oxygen atoms in total. The maximum absolute atomic E-state index is 13.4. The number of hydrogen-bond acceptors (Lipinski definition) is 3. The molecule has 2 aromatic rings. The molecule has 1 aliphatic heterocycles. The number of nitrogens with one attached hydrogen (secondary N) is 2. The van der Waals surface area contributed by atoms with Crippen molar-refractivity contribution >= 4 is 17.5 Å². The molecular weight excluding hydrogens is 299 g/mol. The summed E-state index contributed by atoms with van der Waals surface area (Å²) in [6.45, 7) is 0.475. The van der Waals surface area contributed by atoms with Gasteiger partial charge in [-0.2, -0.15) is 0 Å². The third kappa shape index (κ3) is 3.59. The minimum Gasteiger partial charge on any atom is -0.469 e. The number of halogens is 1. The number of carbonyl (C=O) groups excluding carboxylic acids is 2. The number of anilines is 1. The summed E-state index contributed by atoms with van der Waals surface area (Å²) in [6.07, 6.45) is 3.10. The van der Waals surface area contributed by atoms with Crippen LogP contribution in [0.4, 0.5) is 10.1 Å². The van der Waals surface area contributed by atoms with E-state index in [1.165, 1.54) is 18.2 Å². The molecule has 1 aliphatic rings. The van der Waals surface area contributed by atoms with Crippen LogP contribution in [0.1, 0.15) is 30.1 Å². The summed E-state index contributed by atoms with van der Waals surface area (Å²) in [5.41, 5.74) is 1.02. The van der Waals surface area contributed by atoms with Crippen LogP contribution in [0.5, 0.6) is 0 Å². The van der Waals surface area contributed by atoms with E-state index in [4.69, 9.17) is 4.42 Å². The number of fused-ring (bicyclic) bond motifs is 1. The van der Waals surface area contributed by atoms with Crippen LogP contribution >= 0.6 is 0 Å². The minimum atomic E-state index is -0.655. The number of hydrogen-bond donors (Lipinski definition) is 2. The lowest BCUT2D eigenvalue weighted by atomic mass is 9.89. The molecule has 0 radical (unpaired) electrons. The Morgan fingerprint density at radius 1 is 1.39 bits per heavy atom. The van der Waals surface area contributed by atoms with Gasteiger partial charge in [0.25, 0.3) is 0 Å². The monoisotopic (exact) mass is 316 g/mol. The largest absolute Gasteiger partial charge is 0.469 e. The molecule has 2 N–H and O–H groups in total. The maximum Gasteiger partial charge on any atom is 0.228 e. The molecule has 0 saturated heterocycles. The Bertz CT molecular complexity index is 713. The van der Waals surface area contributed by atoms with Crippen molar-refractivity contribution in [2.24, 2.45) is 0 Å². The number of carbonyl (C=O) groups is 2. The van der Waals surface area contributed by atoms with Crippen molar-refractivity contribution in [3.63, 3.8) is 0 Å². The van der Waals surface area contributed by atoms with Crippen molar-refractivity contribution < 1.29 is 18.4 Å². The number of furan rings is 1. The first-order valence-electron chi connectivity index (χ1n) is 7.53. The predicted octanol–water partition coefficient (Wildman–Crippen LogP) is 2.59. The lowest BCUT2D eigenvalue weighted by Gasteiger charge is -2.24. The summed E-state index contributed by atoms with van der Waals surface area (Å²) in [5, 5.41) is 5.47. The zero-order valence-electron chi connectivity index (χ0n) is 12.5. The second-order valence-electron chi connectivity index (χ2n) is 5.51. The second kappa shape index (κ2) is 6.64. The molecule has 0 fully saturated rings. The van der Waals surface area contributed by atoms with Crippen LogP contribution in [0.15, 0.2) is 41.0 Å². The van der Waals surface area contributed by atoms with Crippen molar-refractivity contribution in [2.45, 2.75) is 25.2 Å². The molecule has 0 spiro atoms. The zero-order chi connectivity index (χ0) is 16.2. The summed E-state index contributed by atoms with van der Waals surface area (Å²) >= 11 is 0. The van der Waals surface area contributed by atoms with Gasteiger partial charge < -0.3 is 15.1 Å². The number of aryl methyl sites for hydroxylation is 1. The van der Waals surface area contributed by atoms with E-state index in [-0.39, 0.29) is 18.2 Å². The molecule has 0 aliphatic carbocycles. The van der Waals surface area contributed by atoms with Gasteiger partial charge in [-0.25, -0.2) is 4.39 Å². The van der Waals surface area contributed by atoms with Gasteiger partial charge in [0, 0.05) is 25.1 Å². The number of rotatable bonds is 5. The summed E-state index contributed by atoms with van der Waals surface area (Å²) in [5.74, 6) is -0.705. The Balaban J connectivity index is 1.61. The molecule has 0 bridgehead atoms. The van der Waals surface area contributed by atoms with Crippen LogP contribution in [-0.4, -0.2) is 18.4 Å². The van der Waals surface area contributed by atoms with Crippen LogP contribution in [0.2, 0.25) is 0 Å². The highest BCUT2D eigenvalue weighted by Crippen LogP contribution is 2.32. The molecular formula is C17H17FN2O3. The van der Waals surface area contributed by atoms with Crippen molar-refractivity contribution in [2.75, 3.05) is 11.9 Å². The molecule has 23 heavy (non-hydrogen) atoms. The lowest BCUT2D eigenvalue weighted by molar-refractivity contribution is -0.126. The van der Waals surface area contributed by atoms with Crippen molar-refractivity contribution in [3.8, 4) is 0 Å². The maximum atomic E-state index is 13.4. The fourth-order valence-electron chi connectivity index (χ4n) is 2.72. The summed E-state index contributed by atoms with van der Waals surface area (Å²) < 4.78 is 18.7. The van der Waals surface area contributed by atoms with Crippen LogP contribution in [0, 0.1) is 5.82 Å². The smallest absolute Gasteiger partial charge is 0.228 e. The fourth-order valence-corrected chi connectivity index (χ4v) is 2.72. The third-order valence-electron chi connectivity index (χ3n) is 3.85. The van der Waals surface area contributed by atoms with Crippen molar-refractivity contribution in [1.29, 1.82) is 0 Å². The van der Waals surface area contributed by atoms with Gasteiger partial charge in [0.1, 0.15) is 11.6 Å². The summed E-state index contributed by atoms with van der Waals surface area (Å²) in [4.78, 5) is 24.1. The average molecular weight is 316 g/mol. The molecule has 1 aromatic heterocycles. The lowest BCUT2D eigenvalue weighted by Crippen LogP contribution is -2.35. The molecule has 2 amide bonds. The van der Waals surface area contributed by atoms with Gasteiger partial charge in [0.15, 0.2) is 0 Å². The van der Waals surface area contributed by atoms with E-state index in [2.05, 4.69) is 10.6 Å². The Kier molecular flexibility index (Phi) is 4.41. The van der Waals surface area contributed by atoms with Crippen LogP contribution in [0.3, 0.4) is 0 Å². The second-order valence-corrected chi connectivity index (χ2v) is 5.51. The van der Waals surface area contributed by atoms with Crippen molar-refractivity contribution in [1.82, 2.24) is 5.32 Å². The van der Waals surface area contributed by atoms with E-state index in [1.807, 2.05) is 12.1 Å². The van der Waals surface area contributed by atoms with E-state index in [0.717, 1.165) is 18.6 Å². The van der Waals surface area contributed by atoms with E-state index < -0.39 is 11.7 Å². The summed E-state index contributed by atoms with van der Waals surface area (Å²) in [6, 6.07) is 7.76. The van der Waals surface area contributed by atoms with E-state index >= 15 is 0 Å². The van der Waals surface area contributed by atoms with Crippen LogP contribution in [0.25, 0.3) is 0 Å². The average Bonchev–Trinajstić information content (AvgIpc) is 3.04. The highest BCUT2D eigenvalue weighted by Gasteiger charge is 2.30. The Morgan fingerprint density at radius 3 is 3.04 bits per heavy atom. The Morgan fingerprint density at radius 2 is 2.26 bits per heavy atom. The number of amides is 2. The van der Waals surface area contributed by atoms with E-state index in [0.29, 0.717) is 17.8 Å². The third-order valence-corrected chi connectivity index (χ3v) is 3.85. The molecule has 2 heterocycles. The van der Waals surface area contributed by atoms with Gasteiger partial charge in [-0.1, -0.05) is 0 Å². The van der Waals surface area contributed by atoms with Crippen molar-refractivity contribution in [3.05, 3.63) is 53.7 Å². The molecule has 120 valence electrons. The first-order chi connectivity index (χ1) is 11.1. The van der Waals surface area contributed by atoms with E-state index in [9.17, 15) is 14.0 Å². The zero-order valence-corrected chi connectivity index (χ0v) is 12.5. The fraction of sp³-hybridized carbons (Fsp3) is 0.294. The predicted molar refractivity (Wildman–Crippen MR) is 82.4 cm³/mol. The molecule has 6 heteroatoms. The van der Waals surface area contributed by atoms with Crippen LogP contribution < -0.4 is 10.6 Å². The van der Waals surface area contributed by atoms with E-state index in [1.54, 1.807) is 6.26 Å².